The zero-order valence-corrected chi connectivity index (χ0v) is 12.0. The fourth-order valence-electron chi connectivity index (χ4n) is 4.28. The number of benzene rings is 2. The summed E-state index contributed by atoms with van der Waals surface area (Å²) in [5.41, 5.74) is 2.15. The van der Waals surface area contributed by atoms with Gasteiger partial charge in [-0.15, -0.1) is 0 Å². The lowest BCUT2D eigenvalue weighted by molar-refractivity contribution is -0.127. The number of carbonyl (C=O) groups is 1. The average molecular weight is 282 g/mol. The van der Waals surface area contributed by atoms with Crippen molar-refractivity contribution >= 4 is 16.6 Å². The summed E-state index contributed by atoms with van der Waals surface area (Å²) in [5.74, 6) is 0.359. The number of aliphatic hydroxyl groups is 1. The molecule has 4 rings (SSSR count). The lowest BCUT2D eigenvalue weighted by Crippen LogP contribution is -2.37. The highest BCUT2D eigenvalue weighted by molar-refractivity contribution is 5.91. The Labute approximate surface area is 123 Å². The molecular formula is C18H18O3. The molecule has 3 unspecified atom stereocenters. The van der Waals surface area contributed by atoms with Gasteiger partial charge in [0.2, 0.25) is 0 Å². The Morgan fingerprint density at radius 2 is 2.05 bits per heavy atom. The molecule has 0 radical (unpaired) electrons. The molecule has 2 N–H and O–H groups in total. The maximum atomic E-state index is 12.0. The van der Waals surface area contributed by atoms with Crippen molar-refractivity contribution in [2.45, 2.75) is 38.2 Å². The van der Waals surface area contributed by atoms with Gasteiger partial charge in [0, 0.05) is 11.8 Å². The van der Waals surface area contributed by atoms with E-state index in [2.05, 4.69) is 6.07 Å². The molecule has 2 aromatic rings. The van der Waals surface area contributed by atoms with Crippen molar-refractivity contribution in [1.82, 2.24) is 0 Å². The fraction of sp³-hybridized carbons (Fsp3) is 0.389. The zero-order valence-electron chi connectivity index (χ0n) is 12.0. The molecule has 2 aliphatic carbocycles. The molecule has 108 valence electrons. The van der Waals surface area contributed by atoms with Crippen LogP contribution in [0.5, 0.6) is 5.75 Å². The number of rotatable bonds is 0. The van der Waals surface area contributed by atoms with Crippen molar-refractivity contribution < 1.29 is 15.0 Å². The van der Waals surface area contributed by atoms with Crippen LogP contribution in [0.3, 0.4) is 0 Å². The van der Waals surface area contributed by atoms with E-state index in [0.717, 1.165) is 23.6 Å². The van der Waals surface area contributed by atoms with Gasteiger partial charge in [-0.05, 0) is 52.8 Å². The molecule has 0 spiro atoms. The topological polar surface area (TPSA) is 57.5 Å². The normalized spacial score (nSPS) is 31.2. The van der Waals surface area contributed by atoms with Gasteiger partial charge in [-0.3, -0.25) is 4.79 Å². The first-order valence-corrected chi connectivity index (χ1v) is 7.46. The molecule has 1 fully saturated rings. The van der Waals surface area contributed by atoms with Crippen LogP contribution in [0.4, 0.5) is 0 Å². The van der Waals surface area contributed by atoms with Crippen LogP contribution >= 0.6 is 0 Å². The first kappa shape index (κ1) is 12.8. The van der Waals surface area contributed by atoms with E-state index in [0.29, 0.717) is 6.42 Å². The molecule has 1 saturated carbocycles. The third kappa shape index (κ3) is 1.61. The van der Waals surface area contributed by atoms with E-state index in [9.17, 15) is 15.0 Å². The van der Waals surface area contributed by atoms with E-state index >= 15 is 0 Å². The van der Waals surface area contributed by atoms with Gasteiger partial charge < -0.3 is 10.2 Å². The van der Waals surface area contributed by atoms with Crippen molar-refractivity contribution in [2.75, 3.05) is 0 Å². The maximum Gasteiger partial charge on any atom is 0.162 e. The van der Waals surface area contributed by atoms with Crippen LogP contribution in [-0.4, -0.2) is 22.1 Å². The molecule has 21 heavy (non-hydrogen) atoms. The molecule has 3 atom stereocenters. The Bertz CT molecular complexity index is 764. The first-order valence-electron chi connectivity index (χ1n) is 7.46. The van der Waals surface area contributed by atoms with Crippen LogP contribution in [0.2, 0.25) is 0 Å². The van der Waals surface area contributed by atoms with Crippen LogP contribution in [0, 0.1) is 5.41 Å². The first-order chi connectivity index (χ1) is 10.0. The number of hydrogen-bond donors (Lipinski definition) is 2. The van der Waals surface area contributed by atoms with Crippen molar-refractivity contribution in [1.29, 1.82) is 0 Å². The Balaban J connectivity index is 1.93. The molecule has 3 nitrogen and oxygen atoms in total. The molecular weight excluding hydrogens is 264 g/mol. The Morgan fingerprint density at radius 1 is 1.24 bits per heavy atom. The predicted octanol–water partition coefficient (Wildman–Crippen LogP) is 2.92. The SMILES string of the molecule is CC12CCc3c(ccc4cc(O)ccc34)C1CC(=O)C2O. The lowest BCUT2D eigenvalue weighted by Gasteiger charge is -2.39. The number of carbonyl (C=O) groups excluding carboxylic acids is 1. The van der Waals surface area contributed by atoms with E-state index in [1.807, 2.05) is 19.1 Å². The summed E-state index contributed by atoms with van der Waals surface area (Å²) in [7, 11) is 0. The molecule has 0 aliphatic heterocycles. The second-order valence-electron chi connectivity index (χ2n) is 6.67. The number of Topliss-reactive ketones (excluding diaryl/α,β-unsaturated/α-hetero) is 1. The van der Waals surface area contributed by atoms with Gasteiger partial charge in [-0.25, -0.2) is 0 Å². The molecule has 0 aromatic heterocycles. The summed E-state index contributed by atoms with van der Waals surface area (Å²) in [6.07, 6.45) is 1.31. The van der Waals surface area contributed by atoms with Gasteiger partial charge in [0.05, 0.1) is 0 Å². The minimum Gasteiger partial charge on any atom is -0.508 e. The summed E-state index contributed by atoms with van der Waals surface area (Å²) in [5, 5.41) is 22.0. The number of ketones is 1. The Hall–Kier alpha value is -1.87. The van der Waals surface area contributed by atoms with Gasteiger partial charge in [0.15, 0.2) is 5.78 Å². The monoisotopic (exact) mass is 282 g/mol. The van der Waals surface area contributed by atoms with Gasteiger partial charge >= 0.3 is 0 Å². The standard InChI is InChI=1S/C18H18O3/c1-18-7-6-13-12-5-3-11(19)8-10(12)2-4-14(13)15(18)9-16(20)17(18)21/h2-5,8,15,17,19,21H,6-7,9H2,1H3. The van der Waals surface area contributed by atoms with E-state index in [-0.39, 0.29) is 22.9 Å². The van der Waals surface area contributed by atoms with E-state index in [4.69, 9.17) is 0 Å². The number of phenolic OH excluding ortho intramolecular Hbond substituents is 1. The van der Waals surface area contributed by atoms with Crippen LogP contribution in [0.15, 0.2) is 30.3 Å². The van der Waals surface area contributed by atoms with Crippen LogP contribution < -0.4 is 0 Å². The summed E-state index contributed by atoms with van der Waals surface area (Å²) < 4.78 is 0. The molecule has 2 aromatic carbocycles. The number of phenols is 1. The van der Waals surface area contributed by atoms with Crippen molar-refractivity contribution in [3.05, 3.63) is 41.5 Å². The predicted molar refractivity (Wildman–Crippen MR) is 80.4 cm³/mol. The van der Waals surface area contributed by atoms with Crippen LogP contribution in [-0.2, 0) is 11.2 Å². The molecule has 0 saturated heterocycles. The second kappa shape index (κ2) is 4.08. The fourth-order valence-corrected chi connectivity index (χ4v) is 4.28. The molecule has 0 heterocycles. The lowest BCUT2D eigenvalue weighted by atomic mass is 9.65. The van der Waals surface area contributed by atoms with Crippen LogP contribution in [0.1, 0.15) is 36.8 Å². The minimum atomic E-state index is -0.828. The maximum absolute atomic E-state index is 12.0. The van der Waals surface area contributed by atoms with Crippen LogP contribution in [0.25, 0.3) is 10.8 Å². The zero-order chi connectivity index (χ0) is 14.8. The molecule has 0 bridgehead atoms. The van der Waals surface area contributed by atoms with Crippen molar-refractivity contribution in [2.24, 2.45) is 5.41 Å². The third-order valence-electron chi connectivity index (χ3n) is 5.57. The summed E-state index contributed by atoms with van der Waals surface area (Å²) in [6, 6.07) is 9.53. The minimum absolute atomic E-state index is 0.0267. The van der Waals surface area contributed by atoms with Crippen molar-refractivity contribution in [3.8, 4) is 5.75 Å². The molecule has 2 aliphatic rings. The molecule has 3 heteroatoms. The third-order valence-corrected chi connectivity index (χ3v) is 5.57. The van der Waals surface area contributed by atoms with E-state index < -0.39 is 6.10 Å². The van der Waals surface area contributed by atoms with Gasteiger partial charge in [0.25, 0.3) is 0 Å². The average Bonchev–Trinajstić information content (AvgIpc) is 2.70. The summed E-state index contributed by atoms with van der Waals surface area (Å²) in [4.78, 5) is 12.0. The number of aliphatic hydroxyl groups excluding tert-OH is 1. The quantitative estimate of drug-likeness (QED) is 0.781. The Kier molecular flexibility index (Phi) is 2.49. The summed E-state index contributed by atoms with van der Waals surface area (Å²) in [6.45, 7) is 2.04. The number of hydrogen-bond acceptors (Lipinski definition) is 3. The highest BCUT2D eigenvalue weighted by Crippen LogP contribution is 2.55. The Morgan fingerprint density at radius 3 is 2.86 bits per heavy atom. The highest BCUT2D eigenvalue weighted by atomic mass is 16.3. The number of aryl methyl sites for hydroxylation is 1. The van der Waals surface area contributed by atoms with E-state index in [1.165, 1.54) is 11.1 Å². The largest absolute Gasteiger partial charge is 0.508 e. The van der Waals surface area contributed by atoms with Gasteiger partial charge in [-0.1, -0.05) is 25.1 Å². The smallest absolute Gasteiger partial charge is 0.162 e. The molecule has 0 amide bonds. The van der Waals surface area contributed by atoms with Gasteiger partial charge in [0.1, 0.15) is 11.9 Å². The van der Waals surface area contributed by atoms with E-state index in [1.54, 1.807) is 12.1 Å². The second-order valence-corrected chi connectivity index (χ2v) is 6.67. The van der Waals surface area contributed by atoms with Crippen molar-refractivity contribution in [3.63, 3.8) is 0 Å². The number of fused-ring (bicyclic) bond motifs is 5. The number of aromatic hydroxyl groups is 1. The van der Waals surface area contributed by atoms with Gasteiger partial charge in [-0.2, -0.15) is 0 Å². The summed E-state index contributed by atoms with van der Waals surface area (Å²) >= 11 is 0. The highest BCUT2D eigenvalue weighted by Gasteiger charge is 2.53.